The third-order valence-electron chi connectivity index (χ3n) is 3.13. The average Bonchev–Trinajstić information content (AvgIpc) is 2.54. The summed E-state index contributed by atoms with van der Waals surface area (Å²) in [6.07, 6.45) is 1.55. The van der Waals surface area contributed by atoms with E-state index in [-0.39, 0.29) is 11.4 Å². The molecule has 2 rings (SSSR count). The van der Waals surface area contributed by atoms with Crippen molar-refractivity contribution in [2.24, 2.45) is 0 Å². The Morgan fingerprint density at radius 2 is 1.74 bits per heavy atom. The Hall–Kier alpha value is -1.98. The van der Waals surface area contributed by atoms with Gasteiger partial charge in [-0.05, 0) is 55.5 Å². The van der Waals surface area contributed by atoms with Crippen LogP contribution in [0, 0.1) is 0 Å². The SMILES string of the molecule is C=CCN(c1ccc(OCC)cc1)S(=O)(=O)c1ccc(Cl)cc1. The molecule has 0 unspecified atom stereocenters. The van der Waals surface area contributed by atoms with Gasteiger partial charge < -0.3 is 4.74 Å². The zero-order valence-electron chi connectivity index (χ0n) is 12.8. The minimum atomic E-state index is -3.70. The molecule has 23 heavy (non-hydrogen) atoms. The summed E-state index contributed by atoms with van der Waals surface area (Å²) in [5, 5.41) is 0.486. The van der Waals surface area contributed by atoms with Gasteiger partial charge in [0.15, 0.2) is 0 Å². The number of hydrogen-bond acceptors (Lipinski definition) is 3. The highest BCUT2D eigenvalue weighted by atomic mass is 35.5. The molecule has 0 bridgehead atoms. The van der Waals surface area contributed by atoms with Gasteiger partial charge in [-0.3, -0.25) is 4.31 Å². The van der Waals surface area contributed by atoms with Crippen LogP contribution in [0.4, 0.5) is 5.69 Å². The Bertz CT molecular complexity index is 755. The number of hydrogen-bond donors (Lipinski definition) is 0. The van der Waals surface area contributed by atoms with Gasteiger partial charge in [0.2, 0.25) is 0 Å². The van der Waals surface area contributed by atoms with Crippen LogP contribution in [-0.2, 0) is 10.0 Å². The lowest BCUT2D eigenvalue weighted by molar-refractivity contribution is 0.340. The molecule has 0 saturated carbocycles. The lowest BCUT2D eigenvalue weighted by Crippen LogP contribution is -2.31. The molecule has 0 atom stereocenters. The number of nitrogens with zero attached hydrogens (tertiary/aromatic N) is 1. The predicted octanol–water partition coefficient (Wildman–Crippen LogP) is 4.12. The molecule has 2 aromatic carbocycles. The second-order valence-corrected chi connectivity index (χ2v) is 7.00. The molecule has 0 aromatic heterocycles. The van der Waals surface area contributed by atoms with Gasteiger partial charge in [-0.2, -0.15) is 0 Å². The monoisotopic (exact) mass is 351 g/mol. The molecule has 2 aromatic rings. The van der Waals surface area contributed by atoms with E-state index in [9.17, 15) is 8.42 Å². The van der Waals surface area contributed by atoms with Crippen LogP contribution in [0.5, 0.6) is 5.75 Å². The Morgan fingerprint density at radius 3 is 2.26 bits per heavy atom. The molecule has 6 heteroatoms. The minimum absolute atomic E-state index is 0.166. The maximum Gasteiger partial charge on any atom is 0.264 e. The van der Waals surface area contributed by atoms with Crippen LogP contribution in [0.1, 0.15) is 6.92 Å². The van der Waals surface area contributed by atoms with E-state index in [0.717, 1.165) is 0 Å². The summed E-state index contributed by atoms with van der Waals surface area (Å²) in [6.45, 7) is 6.25. The third kappa shape index (κ3) is 4.06. The Balaban J connectivity index is 2.40. The molecule has 0 radical (unpaired) electrons. The van der Waals surface area contributed by atoms with E-state index >= 15 is 0 Å². The maximum absolute atomic E-state index is 12.8. The highest BCUT2D eigenvalue weighted by Gasteiger charge is 2.23. The van der Waals surface area contributed by atoms with Crippen molar-refractivity contribution in [2.75, 3.05) is 17.5 Å². The molecule has 0 aliphatic heterocycles. The normalized spacial score (nSPS) is 11.0. The van der Waals surface area contributed by atoms with Crippen molar-refractivity contribution >= 4 is 27.3 Å². The molecule has 0 amide bonds. The van der Waals surface area contributed by atoms with Gasteiger partial charge in [-0.25, -0.2) is 8.42 Å². The topological polar surface area (TPSA) is 46.6 Å². The number of anilines is 1. The number of sulfonamides is 1. The van der Waals surface area contributed by atoms with Gasteiger partial charge in [-0.15, -0.1) is 6.58 Å². The van der Waals surface area contributed by atoms with Gasteiger partial charge in [0.25, 0.3) is 10.0 Å². The van der Waals surface area contributed by atoms with E-state index < -0.39 is 10.0 Å². The number of rotatable bonds is 7. The summed E-state index contributed by atoms with van der Waals surface area (Å²) in [6, 6.07) is 13.0. The highest BCUT2D eigenvalue weighted by Crippen LogP contribution is 2.26. The van der Waals surface area contributed by atoms with Crippen LogP contribution < -0.4 is 9.04 Å². The van der Waals surface area contributed by atoms with Gasteiger partial charge >= 0.3 is 0 Å². The van der Waals surface area contributed by atoms with Crippen molar-refractivity contribution in [3.05, 3.63) is 66.2 Å². The first-order chi connectivity index (χ1) is 11.0. The van der Waals surface area contributed by atoms with Crippen LogP contribution >= 0.6 is 11.6 Å². The maximum atomic E-state index is 12.8. The molecular formula is C17H18ClNO3S. The molecule has 0 aliphatic carbocycles. The first-order valence-electron chi connectivity index (χ1n) is 7.11. The summed E-state index contributed by atoms with van der Waals surface area (Å²) in [5.41, 5.74) is 0.545. The van der Waals surface area contributed by atoms with E-state index in [4.69, 9.17) is 16.3 Å². The largest absolute Gasteiger partial charge is 0.494 e. The Kier molecular flexibility index (Phi) is 5.69. The fourth-order valence-corrected chi connectivity index (χ4v) is 3.63. The number of ether oxygens (including phenoxy) is 1. The minimum Gasteiger partial charge on any atom is -0.494 e. The van der Waals surface area contributed by atoms with Crippen LogP contribution in [-0.4, -0.2) is 21.6 Å². The first-order valence-corrected chi connectivity index (χ1v) is 8.93. The summed E-state index contributed by atoms with van der Waals surface area (Å²) < 4.78 is 32.4. The first kappa shape index (κ1) is 17.4. The Labute approximate surface area is 142 Å². The summed E-state index contributed by atoms with van der Waals surface area (Å²) in [4.78, 5) is 0.178. The van der Waals surface area contributed by atoms with Crippen molar-refractivity contribution in [2.45, 2.75) is 11.8 Å². The fourth-order valence-electron chi connectivity index (χ4n) is 2.07. The molecule has 0 aliphatic rings. The molecule has 0 heterocycles. The lowest BCUT2D eigenvalue weighted by Gasteiger charge is -2.23. The standard InChI is InChI=1S/C17H18ClNO3S/c1-3-13-19(15-7-9-16(10-8-15)22-4-2)23(20,21)17-11-5-14(18)6-12-17/h3,5-12H,1,4,13H2,2H3. The van der Waals surface area contributed by atoms with Crippen molar-refractivity contribution in [3.8, 4) is 5.75 Å². The van der Waals surface area contributed by atoms with Crippen LogP contribution in [0.15, 0.2) is 66.1 Å². The number of halogens is 1. The molecule has 0 saturated heterocycles. The molecule has 0 spiro atoms. The van der Waals surface area contributed by atoms with E-state index in [2.05, 4.69) is 6.58 Å². The molecular weight excluding hydrogens is 334 g/mol. The second-order valence-electron chi connectivity index (χ2n) is 4.71. The van der Waals surface area contributed by atoms with E-state index in [1.807, 2.05) is 6.92 Å². The van der Waals surface area contributed by atoms with Crippen molar-refractivity contribution in [3.63, 3.8) is 0 Å². The van der Waals surface area contributed by atoms with Crippen molar-refractivity contribution in [1.82, 2.24) is 0 Å². The summed E-state index contributed by atoms with van der Waals surface area (Å²) in [7, 11) is -3.70. The Morgan fingerprint density at radius 1 is 1.13 bits per heavy atom. The smallest absolute Gasteiger partial charge is 0.264 e. The van der Waals surface area contributed by atoms with Gasteiger partial charge in [0, 0.05) is 5.02 Å². The zero-order chi connectivity index (χ0) is 16.9. The van der Waals surface area contributed by atoms with Crippen LogP contribution in [0.2, 0.25) is 5.02 Å². The van der Waals surface area contributed by atoms with Crippen molar-refractivity contribution in [1.29, 1.82) is 0 Å². The summed E-state index contributed by atoms with van der Waals surface area (Å²) >= 11 is 5.83. The predicted molar refractivity (Wildman–Crippen MR) is 93.8 cm³/mol. The fraction of sp³-hybridized carbons (Fsp3) is 0.176. The third-order valence-corrected chi connectivity index (χ3v) is 5.19. The highest BCUT2D eigenvalue weighted by molar-refractivity contribution is 7.92. The van der Waals surface area contributed by atoms with Crippen molar-refractivity contribution < 1.29 is 13.2 Å². The molecule has 122 valence electrons. The zero-order valence-corrected chi connectivity index (χ0v) is 14.3. The molecule has 4 nitrogen and oxygen atoms in total. The molecule has 0 N–H and O–H groups in total. The van der Waals surface area contributed by atoms with Crippen LogP contribution in [0.3, 0.4) is 0 Å². The summed E-state index contributed by atoms with van der Waals surface area (Å²) in [5.74, 6) is 0.693. The molecule has 0 fully saturated rings. The quantitative estimate of drug-likeness (QED) is 0.705. The van der Waals surface area contributed by atoms with Gasteiger partial charge in [0.1, 0.15) is 5.75 Å². The lowest BCUT2D eigenvalue weighted by atomic mass is 10.3. The van der Waals surface area contributed by atoms with E-state index in [1.54, 1.807) is 42.5 Å². The number of benzene rings is 2. The second kappa shape index (κ2) is 7.53. The van der Waals surface area contributed by atoms with E-state index in [1.165, 1.54) is 16.4 Å². The van der Waals surface area contributed by atoms with E-state index in [0.29, 0.717) is 23.1 Å². The average molecular weight is 352 g/mol. The van der Waals surface area contributed by atoms with Crippen LogP contribution in [0.25, 0.3) is 0 Å². The van der Waals surface area contributed by atoms with Gasteiger partial charge in [-0.1, -0.05) is 17.7 Å². The van der Waals surface area contributed by atoms with Gasteiger partial charge in [0.05, 0.1) is 23.7 Å².